The Bertz CT molecular complexity index is 1110. The fourth-order valence-electron chi connectivity index (χ4n) is 3.59. The largest absolute Gasteiger partial charge is 1.00 e. The van der Waals surface area contributed by atoms with E-state index in [9.17, 15) is 0 Å². The molecule has 0 fully saturated rings. The quantitative estimate of drug-likeness (QED) is 0.255. The molecule has 122 valence electrons. The van der Waals surface area contributed by atoms with Crippen LogP contribution in [0.25, 0.3) is 43.8 Å². The van der Waals surface area contributed by atoms with Gasteiger partial charge in [0.25, 0.3) is 0 Å². The Morgan fingerprint density at radius 3 is 1.70 bits per heavy atom. The van der Waals surface area contributed by atoms with Gasteiger partial charge in [-0.15, -0.1) is 29.1 Å². The van der Waals surface area contributed by atoms with Crippen LogP contribution in [-0.4, -0.2) is 0 Å². The van der Waals surface area contributed by atoms with Crippen LogP contribution >= 0.6 is 0 Å². The van der Waals surface area contributed by atoms with Crippen molar-refractivity contribution in [3.63, 3.8) is 0 Å². The molecule has 0 saturated carbocycles. The van der Waals surface area contributed by atoms with Crippen molar-refractivity contribution in [3.05, 3.63) is 109 Å². The minimum atomic E-state index is 0. The van der Waals surface area contributed by atoms with Gasteiger partial charge in [-0.3, -0.25) is 0 Å². The van der Waals surface area contributed by atoms with Crippen molar-refractivity contribution < 1.29 is 29.6 Å². The average molecular weight is 352 g/mol. The Balaban J connectivity index is 0.00000180. The van der Waals surface area contributed by atoms with Crippen LogP contribution in [0.5, 0.6) is 0 Å². The fourth-order valence-corrected chi connectivity index (χ4v) is 3.59. The molecular formula is C26H17Na. The molecule has 27 heavy (non-hydrogen) atoms. The van der Waals surface area contributed by atoms with Gasteiger partial charge in [0.15, 0.2) is 0 Å². The summed E-state index contributed by atoms with van der Waals surface area (Å²) in [5.74, 6) is 0. The average Bonchev–Trinajstić information content (AvgIpc) is 2.72. The van der Waals surface area contributed by atoms with Crippen LogP contribution < -0.4 is 29.6 Å². The summed E-state index contributed by atoms with van der Waals surface area (Å²) in [5.41, 5.74) is 4.79. The predicted molar refractivity (Wildman–Crippen MR) is 111 cm³/mol. The molecule has 0 heterocycles. The maximum absolute atomic E-state index is 3.70. The van der Waals surface area contributed by atoms with Gasteiger partial charge in [0.1, 0.15) is 0 Å². The Morgan fingerprint density at radius 2 is 1.04 bits per heavy atom. The third-order valence-corrected chi connectivity index (χ3v) is 4.89. The Hall–Kier alpha value is -2.38. The summed E-state index contributed by atoms with van der Waals surface area (Å²) in [7, 11) is 0. The standard InChI is InChI=1S/C26H17.Na/c1-3-9-19(10-4-1)25-17-23-15-21-13-7-8-14-22(21)16-24(23)18-26(25)20-11-5-2-6-12-20;/h1-17H;/q-1;+1. The molecule has 0 spiro atoms. The van der Waals surface area contributed by atoms with Crippen LogP contribution in [0, 0.1) is 6.07 Å². The molecule has 0 aliphatic carbocycles. The minimum absolute atomic E-state index is 0. The number of fused-ring (bicyclic) bond motifs is 2. The van der Waals surface area contributed by atoms with E-state index in [0.717, 1.165) is 10.9 Å². The molecule has 5 rings (SSSR count). The van der Waals surface area contributed by atoms with Crippen molar-refractivity contribution in [1.29, 1.82) is 0 Å². The van der Waals surface area contributed by atoms with Crippen molar-refractivity contribution in [1.82, 2.24) is 0 Å². The van der Waals surface area contributed by atoms with Gasteiger partial charge in [0.2, 0.25) is 0 Å². The van der Waals surface area contributed by atoms with Crippen LogP contribution in [-0.2, 0) is 0 Å². The molecule has 0 unspecified atom stereocenters. The van der Waals surface area contributed by atoms with Crippen molar-refractivity contribution in [2.45, 2.75) is 0 Å². The second-order valence-electron chi connectivity index (χ2n) is 6.58. The van der Waals surface area contributed by atoms with Crippen LogP contribution in [0.2, 0.25) is 0 Å². The zero-order valence-electron chi connectivity index (χ0n) is 15.3. The Kier molecular flexibility index (Phi) is 5.13. The normalized spacial score (nSPS) is 10.7. The van der Waals surface area contributed by atoms with Gasteiger partial charge in [-0.2, -0.15) is 0 Å². The summed E-state index contributed by atoms with van der Waals surface area (Å²) >= 11 is 0. The Labute approximate surface area is 181 Å². The van der Waals surface area contributed by atoms with Crippen LogP contribution in [0.1, 0.15) is 0 Å². The first-order valence-corrected chi connectivity index (χ1v) is 8.88. The van der Waals surface area contributed by atoms with Crippen LogP contribution in [0.4, 0.5) is 0 Å². The molecule has 5 aromatic carbocycles. The smallest absolute Gasteiger partial charge is 0.116 e. The predicted octanol–water partition coefficient (Wildman–Crippen LogP) is 4.13. The summed E-state index contributed by atoms with van der Waals surface area (Å²) < 4.78 is 0. The van der Waals surface area contributed by atoms with E-state index in [1.165, 1.54) is 32.8 Å². The molecule has 0 amide bonds. The third kappa shape index (κ3) is 3.44. The first-order valence-electron chi connectivity index (χ1n) is 8.88. The van der Waals surface area contributed by atoms with E-state index in [1.807, 2.05) is 0 Å². The molecule has 5 aromatic rings. The van der Waals surface area contributed by atoms with Gasteiger partial charge in [-0.1, -0.05) is 118 Å². The summed E-state index contributed by atoms with van der Waals surface area (Å²) in [5, 5.41) is 4.90. The van der Waals surface area contributed by atoms with Crippen molar-refractivity contribution in [3.8, 4) is 22.3 Å². The van der Waals surface area contributed by atoms with Gasteiger partial charge in [0.05, 0.1) is 0 Å². The van der Waals surface area contributed by atoms with E-state index in [0.29, 0.717) is 0 Å². The number of benzene rings is 5. The van der Waals surface area contributed by atoms with E-state index in [2.05, 4.69) is 109 Å². The maximum atomic E-state index is 3.70. The Morgan fingerprint density at radius 1 is 0.481 bits per heavy atom. The van der Waals surface area contributed by atoms with Crippen molar-refractivity contribution >= 4 is 21.5 Å². The summed E-state index contributed by atoms with van der Waals surface area (Å²) in [4.78, 5) is 0. The topological polar surface area (TPSA) is 0 Å². The zero-order valence-corrected chi connectivity index (χ0v) is 17.3. The zero-order chi connectivity index (χ0) is 17.3. The van der Waals surface area contributed by atoms with Gasteiger partial charge in [-0.25, -0.2) is 0 Å². The van der Waals surface area contributed by atoms with Crippen LogP contribution in [0.3, 0.4) is 0 Å². The number of hydrogen-bond acceptors (Lipinski definition) is 0. The van der Waals surface area contributed by atoms with Crippen molar-refractivity contribution in [2.75, 3.05) is 0 Å². The monoisotopic (exact) mass is 352 g/mol. The maximum Gasteiger partial charge on any atom is 1.00 e. The third-order valence-electron chi connectivity index (χ3n) is 4.89. The second kappa shape index (κ2) is 7.70. The molecule has 0 bridgehead atoms. The molecule has 0 saturated heterocycles. The fraction of sp³-hybridized carbons (Fsp3) is 0. The number of rotatable bonds is 2. The van der Waals surface area contributed by atoms with Gasteiger partial charge in [0, 0.05) is 0 Å². The first-order chi connectivity index (χ1) is 12.9. The molecule has 0 aromatic heterocycles. The van der Waals surface area contributed by atoms with Gasteiger partial charge >= 0.3 is 29.6 Å². The summed E-state index contributed by atoms with van der Waals surface area (Å²) in [6, 6.07) is 40.1. The van der Waals surface area contributed by atoms with E-state index in [4.69, 9.17) is 0 Å². The van der Waals surface area contributed by atoms with E-state index in [1.54, 1.807) is 0 Å². The van der Waals surface area contributed by atoms with E-state index < -0.39 is 0 Å². The number of hydrogen-bond donors (Lipinski definition) is 0. The van der Waals surface area contributed by atoms with E-state index in [-0.39, 0.29) is 29.6 Å². The first kappa shape index (κ1) is 18.0. The van der Waals surface area contributed by atoms with Gasteiger partial charge < -0.3 is 0 Å². The minimum Gasteiger partial charge on any atom is -0.116 e. The summed E-state index contributed by atoms with van der Waals surface area (Å²) in [6.07, 6.45) is 0. The molecular weight excluding hydrogens is 335 g/mol. The molecule has 0 atom stereocenters. The second-order valence-corrected chi connectivity index (χ2v) is 6.58. The van der Waals surface area contributed by atoms with E-state index >= 15 is 0 Å². The molecule has 0 aliphatic heterocycles. The molecule has 1 heteroatoms. The summed E-state index contributed by atoms with van der Waals surface area (Å²) in [6.45, 7) is 0. The molecule has 0 radical (unpaired) electrons. The molecule has 0 N–H and O–H groups in total. The molecule has 0 nitrogen and oxygen atoms in total. The molecule has 0 aliphatic rings. The van der Waals surface area contributed by atoms with Gasteiger partial charge in [-0.05, 0) is 5.39 Å². The van der Waals surface area contributed by atoms with Crippen molar-refractivity contribution in [2.24, 2.45) is 0 Å². The van der Waals surface area contributed by atoms with Crippen LogP contribution in [0.15, 0.2) is 103 Å². The SMILES string of the molecule is [Na+].[c-]1c(-c2ccccc2)c(-c2ccccc2)cc2cc3ccccc3cc12.